The summed E-state index contributed by atoms with van der Waals surface area (Å²) in [7, 11) is 0. The molecule has 2 unspecified atom stereocenters. The number of rotatable bonds is 7. The molecule has 2 atom stereocenters. The lowest BCUT2D eigenvalue weighted by molar-refractivity contribution is 0.0502. The van der Waals surface area contributed by atoms with Crippen LogP contribution in [-0.2, 0) is 4.74 Å². The molecule has 4 heteroatoms. The van der Waals surface area contributed by atoms with Crippen molar-refractivity contribution in [3.63, 3.8) is 0 Å². The van der Waals surface area contributed by atoms with Crippen molar-refractivity contribution in [1.29, 1.82) is 0 Å². The van der Waals surface area contributed by atoms with Crippen LogP contribution in [0.5, 0.6) is 5.75 Å². The highest BCUT2D eigenvalue weighted by Gasteiger charge is 2.42. The maximum atomic E-state index is 5.91. The van der Waals surface area contributed by atoms with E-state index in [2.05, 4.69) is 28.2 Å². The topological polar surface area (TPSA) is 30.5 Å². The van der Waals surface area contributed by atoms with Crippen LogP contribution in [0.15, 0.2) is 28.7 Å². The average molecular weight is 354 g/mol. The summed E-state index contributed by atoms with van der Waals surface area (Å²) in [6.45, 7) is 4.90. The first-order valence-electron chi connectivity index (χ1n) is 7.91. The third-order valence-corrected chi connectivity index (χ3v) is 5.36. The largest absolute Gasteiger partial charge is 0.494 e. The number of halogens is 1. The summed E-state index contributed by atoms with van der Waals surface area (Å²) in [5, 5.41) is 3.68. The first-order chi connectivity index (χ1) is 10.2. The molecule has 0 amide bonds. The van der Waals surface area contributed by atoms with E-state index in [1.807, 2.05) is 24.3 Å². The van der Waals surface area contributed by atoms with Crippen molar-refractivity contribution in [2.45, 2.75) is 44.8 Å². The van der Waals surface area contributed by atoms with E-state index in [9.17, 15) is 0 Å². The molecule has 3 rings (SSSR count). The molecule has 1 N–H and O–H groups in total. The second-order valence-electron chi connectivity index (χ2n) is 6.33. The van der Waals surface area contributed by atoms with Gasteiger partial charge < -0.3 is 14.8 Å². The summed E-state index contributed by atoms with van der Waals surface area (Å²) in [4.78, 5) is 0. The second-order valence-corrected chi connectivity index (χ2v) is 7.25. The molecule has 0 radical (unpaired) electrons. The van der Waals surface area contributed by atoms with Crippen LogP contribution >= 0.6 is 15.9 Å². The summed E-state index contributed by atoms with van der Waals surface area (Å²) in [6, 6.07) is 8.80. The van der Waals surface area contributed by atoms with E-state index in [4.69, 9.17) is 9.47 Å². The number of benzene rings is 1. The predicted octanol–water partition coefficient (Wildman–Crippen LogP) is 3.77. The van der Waals surface area contributed by atoms with Gasteiger partial charge in [0, 0.05) is 29.1 Å². The fourth-order valence-corrected chi connectivity index (χ4v) is 3.27. The molecule has 0 spiro atoms. The Morgan fingerprint density at radius 2 is 2.10 bits per heavy atom. The maximum absolute atomic E-state index is 5.91. The van der Waals surface area contributed by atoms with Crippen molar-refractivity contribution >= 4 is 15.9 Å². The average Bonchev–Trinajstić information content (AvgIpc) is 3.24. The van der Waals surface area contributed by atoms with Gasteiger partial charge in [0.2, 0.25) is 0 Å². The Bertz CT molecular complexity index is 460. The Labute approximate surface area is 135 Å². The Morgan fingerprint density at radius 1 is 1.33 bits per heavy atom. The molecule has 0 bridgehead atoms. The summed E-state index contributed by atoms with van der Waals surface area (Å²) >= 11 is 3.44. The Balaban J connectivity index is 1.52. The highest BCUT2D eigenvalue weighted by atomic mass is 79.9. The van der Waals surface area contributed by atoms with E-state index in [1.165, 1.54) is 12.8 Å². The standard InChI is InChI=1S/C17H24BrNO2/c1-13-17(8-10-20-13,12-19-15-4-5-15)9-11-21-16-6-2-14(18)3-7-16/h2-3,6-7,13,15,19H,4-5,8-12H2,1H3. The van der Waals surface area contributed by atoms with E-state index in [-0.39, 0.29) is 5.41 Å². The Morgan fingerprint density at radius 3 is 2.71 bits per heavy atom. The van der Waals surface area contributed by atoms with Crippen LogP contribution < -0.4 is 10.1 Å². The molecule has 2 aliphatic rings. The summed E-state index contributed by atoms with van der Waals surface area (Å²) in [6.07, 6.45) is 5.17. The molecule has 1 aliphatic carbocycles. The summed E-state index contributed by atoms with van der Waals surface area (Å²) < 4.78 is 12.8. The molecule has 2 fully saturated rings. The third kappa shape index (κ3) is 3.99. The van der Waals surface area contributed by atoms with Gasteiger partial charge in [-0.05, 0) is 56.9 Å². The van der Waals surface area contributed by atoms with Gasteiger partial charge in [0.05, 0.1) is 12.7 Å². The van der Waals surface area contributed by atoms with Gasteiger partial charge >= 0.3 is 0 Å². The van der Waals surface area contributed by atoms with Gasteiger partial charge in [-0.3, -0.25) is 0 Å². The summed E-state index contributed by atoms with van der Waals surface area (Å²) in [5.74, 6) is 0.940. The van der Waals surface area contributed by atoms with E-state index in [0.29, 0.717) is 6.10 Å². The van der Waals surface area contributed by atoms with Crippen LogP contribution in [-0.4, -0.2) is 31.9 Å². The number of hydrogen-bond acceptors (Lipinski definition) is 3. The van der Waals surface area contributed by atoms with Gasteiger partial charge in [-0.25, -0.2) is 0 Å². The predicted molar refractivity (Wildman–Crippen MR) is 87.7 cm³/mol. The highest BCUT2D eigenvalue weighted by molar-refractivity contribution is 9.10. The van der Waals surface area contributed by atoms with Crippen molar-refractivity contribution in [3.05, 3.63) is 28.7 Å². The molecule has 21 heavy (non-hydrogen) atoms. The summed E-state index contributed by atoms with van der Waals surface area (Å²) in [5.41, 5.74) is 0.234. The number of hydrogen-bond donors (Lipinski definition) is 1. The van der Waals surface area contributed by atoms with Crippen molar-refractivity contribution in [2.75, 3.05) is 19.8 Å². The molecular formula is C17H24BrNO2. The molecule has 1 saturated heterocycles. The lowest BCUT2D eigenvalue weighted by Crippen LogP contribution is -2.41. The minimum Gasteiger partial charge on any atom is -0.494 e. The zero-order valence-corrected chi connectivity index (χ0v) is 14.2. The van der Waals surface area contributed by atoms with Crippen LogP contribution in [0, 0.1) is 5.41 Å². The molecule has 1 aromatic carbocycles. The molecule has 1 aliphatic heterocycles. The van der Waals surface area contributed by atoms with Gasteiger partial charge in [-0.15, -0.1) is 0 Å². The van der Waals surface area contributed by atoms with E-state index in [0.717, 1.165) is 48.9 Å². The van der Waals surface area contributed by atoms with Crippen molar-refractivity contribution in [2.24, 2.45) is 5.41 Å². The first kappa shape index (κ1) is 15.3. The highest BCUT2D eigenvalue weighted by Crippen LogP contribution is 2.38. The Kier molecular flexibility index (Phi) is 4.87. The van der Waals surface area contributed by atoms with Crippen LogP contribution in [0.1, 0.15) is 32.6 Å². The SMILES string of the molecule is CC1OCCC1(CCOc1ccc(Br)cc1)CNC1CC1. The Hall–Kier alpha value is -0.580. The molecule has 1 heterocycles. The molecule has 1 aromatic rings. The molecule has 116 valence electrons. The van der Waals surface area contributed by atoms with E-state index >= 15 is 0 Å². The minimum absolute atomic E-state index is 0.234. The van der Waals surface area contributed by atoms with Gasteiger partial charge in [0.15, 0.2) is 0 Å². The monoisotopic (exact) mass is 353 g/mol. The van der Waals surface area contributed by atoms with Crippen LogP contribution in [0.25, 0.3) is 0 Å². The van der Waals surface area contributed by atoms with E-state index < -0.39 is 0 Å². The van der Waals surface area contributed by atoms with Crippen LogP contribution in [0.4, 0.5) is 0 Å². The van der Waals surface area contributed by atoms with Gasteiger partial charge in [-0.1, -0.05) is 15.9 Å². The molecular weight excluding hydrogens is 330 g/mol. The fourth-order valence-electron chi connectivity index (χ4n) is 3.01. The smallest absolute Gasteiger partial charge is 0.119 e. The number of nitrogens with one attached hydrogen (secondary N) is 1. The van der Waals surface area contributed by atoms with Gasteiger partial charge in [0.25, 0.3) is 0 Å². The van der Waals surface area contributed by atoms with Crippen molar-refractivity contribution < 1.29 is 9.47 Å². The van der Waals surface area contributed by atoms with Crippen molar-refractivity contribution in [1.82, 2.24) is 5.32 Å². The second kappa shape index (κ2) is 6.67. The lowest BCUT2D eigenvalue weighted by Gasteiger charge is -2.32. The zero-order chi connectivity index (χ0) is 14.7. The first-order valence-corrected chi connectivity index (χ1v) is 8.71. The normalized spacial score (nSPS) is 28.8. The van der Waals surface area contributed by atoms with Gasteiger partial charge in [0.1, 0.15) is 5.75 Å². The third-order valence-electron chi connectivity index (χ3n) is 4.83. The quantitative estimate of drug-likeness (QED) is 0.809. The van der Waals surface area contributed by atoms with Crippen molar-refractivity contribution in [3.8, 4) is 5.75 Å². The number of ether oxygens (including phenoxy) is 2. The molecule has 1 saturated carbocycles. The zero-order valence-electron chi connectivity index (χ0n) is 12.6. The van der Waals surface area contributed by atoms with E-state index in [1.54, 1.807) is 0 Å². The molecule has 0 aromatic heterocycles. The fraction of sp³-hybridized carbons (Fsp3) is 0.647. The molecule has 3 nitrogen and oxygen atoms in total. The lowest BCUT2D eigenvalue weighted by atomic mass is 9.78. The van der Waals surface area contributed by atoms with Crippen LogP contribution in [0.3, 0.4) is 0 Å². The minimum atomic E-state index is 0.234. The maximum Gasteiger partial charge on any atom is 0.119 e. The van der Waals surface area contributed by atoms with Crippen LogP contribution in [0.2, 0.25) is 0 Å². The van der Waals surface area contributed by atoms with Gasteiger partial charge in [-0.2, -0.15) is 0 Å².